The van der Waals surface area contributed by atoms with Gasteiger partial charge in [-0.3, -0.25) is 9.71 Å². The highest BCUT2D eigenvalue weighted by molar-refractivity contribution is 7.92. The zero-order valence-electron chi connectivity index (χ0n) is 12.6. The van der Waals surface area contributed by atoms with Crippen molar-refractivity contribution in [3.8, 4) is 11.5 Å². The summed E-state index contributed by atoms with van der Waals surface area (Å²) in [5, 5.41) is 1.65. The van der Waals surface area contributed by atoms with Gasteiger partial charge >= 0.3 is 0 Å². The summed E-state index contributed by atoms with van der Waals surface area (Å²) in [4.78, 5) is 4.17. The minimum absolute atomic E-state index is 0.123. The van der Waals surface area contributed by atoms with Crippen LogP contribution in [0.1, 0.15) is 0 Å². The van der Waals surface area contributed by atoms with Gasteiger partial charge in [0.05, 0.1) is 10.6 Å². The largest absolute Gasteiger partial charge is 0.486 e. The fourth-order valence-electron chi connectivity index (χ4n) is 2.61. The monoisotopic (exact) mass is 342 g/mol. The molecule has 0 fully saturated rings. The zero-order chi connectivity index (χ0) is 16.6. The van der Waals surface area contributed by atoms with Gasteiger partial charge in [-0.2, -0.15) is 0 Å². The summed E-state index contributed by atoms with van der Waals surface area (Å²) in [5.74, 6) is 0.989. The maximum absolute atomic E-state index is 12.7. The van der Waals surface area contributed by atoms with Crippen molar-refractivity contribution in [2.45, 2.75) is 4.90 Å². The number of hydrogen-bond acceptors (Lipinski definition) is 5. The topological polar surface area (TPSA) is 77.5 Å². The van der Waals surface area contributed by atoms with Crippen molar-refractivity contribution < 1.29 is 17.9 Å². The van der Waals surface area contributed by atoms with Crippen LogP contribution < -0.4 is 14.2 Å². The van der Waals surface area contributed by atoms with Gasteiger partial charge in [0.25, 0.3) is 10.0 Å². The normalized spacial score (nSPS) is 13.7. The summed E-state index contributed by atoms with van der Waals surface area (Å²) < 4.78 is 38.9. The first-order valence-electron chi connectivity index (χ1n) is 7.39. The molecule has 0 amide bonds. The number of nitrogens with zero attached hydrogens (tertiary/aromatic N) is 1. The average molecular weight is 342 g/mol. The highest BCUT2D eigenvalue weighted by Crippen LogP contribution is 2.33. The van der Waals surface area contributed by atoms with E-state index in [4.69, 9.17) is 9.47 Å². The number of ether oxygens (including phenoxy) is 2. The van der Waals surface area contributed by atoms with E-state index in [0.717, 1.165) is 10.8 Å². The Kier molecular flexibility index (Phi) is 3.50. The molecule has 1 N–H and O–H groups in total. The van der Waals surface area contributed by atoms with Gasteiger partial charge in [-0.05, 0) is 24.3 Å². The predicted molar refractivity (Wildman–Crippen MR) is 90.0 cm³/mol. The van der Waals surface area contributed by atoms with E-state index in [2.05, 4.69) is 9.71 Å². The molecular formula is C17H14N2O4S. The molecule has 0 spiro atoms. The first-order valence-corrected chi connectivity index (χ1v) is 8.87. The van der Waals surface area contributed by atoms with Crippen molar-refractivity contribution in [3.05, 3.63) is 54.9 Å². The molecule has 1 aliphatic rings. The van der Waals surface area contributed by atoms with Crippen LogP contribution in [0.25, 0.3) is 10.8 Å². The quantitative estimate of drug-likeness (QED) is 0.792. The van der Waals surface area contributed by atoms with E-state index < -0.39 is 10.0 Å². The van der Waals surface area contributed by atoms with Crippen LogP contribution in [0.15, 0.2) is 59.8 Å². The van der Waals surface area contributed by atoms with Gasteiger partial charge in [0, 0.05) is 29.2 Å². The van der Waals surface area contributed by atoms with Crippen molar-refractivity contribution in [1.82, 2.24) is 4.98 Å². The van der Waals surface area contributed by atoms with E-state index in [1.54, 1.807) is 36.7 Å². The minimum Gasteiger partial charge on any atom is -0.486 e. The van der Waals surface area contributed by atoms with Crippen LogP contribution in [0.4, 0.5) is 5.69 Å². The Bertz CT molecular complexity index is 1010. The van der Waals surface area contributed by atoms with Gasteiger partial charge < -0.3 is 9.47 Å². The number of aromatic nitrogens is 1. The lowest BCUT2D eigenvalue weighted by molar-refractivity contribution is 0.171. The number of benzene rings is 2. The molecule has 2 aromatic carbocycles. The second-order valence-corrected chi connectivity index (χ2v) is 7.00. The lowest BCUT2D eigenvalue weighted by Crippen LogP contribution is -2.17. The highest BCUT2D eigenvalue weighted by Gasteiger charge is 2.20. The third-order valence-corrected chi connectivity index (χ3v) is 5.11. The van der Waals surface area contributed by atoms with E-state index >= 15 is 0 Å². The summed E-state index contributed by atoms with van der Waals surface area (Å²) in [6, 6.07) is 11.7. The minimum atomic E-state index is -3.74. The SMILES string of the molecule is O=S(=O)(Nc1cccc2cnccc12)c1ccc2c(c1)OCCO2. The third-order valence-electron chi connectivity index (χ3n) is 3.75. The van der Waals surface area contributed by atoms with E-state index in [-0.39, 0.29) is 4.90 Å². The fraction of sp³-hybridized carbons (Fsp3) is 0.118. The molecule has 7 heteroatoms. The van der Waals surface area contributed by atoms with Gasteiger partial charge in [0.1, 0.15) is 13.2 Å². The third kappa shape index (κ3) is 2.63. The van der Waals surface area contributed by atoms with E-state index in [1.165, 1.54) is 12.1 Å². The van der Waals surface area contributed by atoms with Crippen LogP contribution in [-0.4, -0.2) is 26.6 Å². The first kappa shape index (κ1) is 14.8. The van der Waals surface area contributed by atoms with Crippen molar-refractivity contribution in [3.63, 3.8) is 0 Å². The smallest absolute Gasteiger partial charge is 0.262 e. The van der Waals surface area contributed by atoms with Crippen molar-refractivity contribution in [2.75, 3.05) is 17.9 Å². The molecule has 0 atom stereocenters. The van der Waals surface area contributed by atoms with Crippen LogP contribution in [0.3, 0.4) is 0 Å². The molecule has 3 aromatic rings. The Balaban J connectivity index is 1.73. The molecule has 6 nitrogen and oxygen atoms in total. The summed E-state index contributed by atoms with van der Waals surface area (Å²) in [6.45, 7) is 0.863. The number of hydrogen-bond donors (Lipinski definition) is 1. The van der Waals surface area contributed by atoms with E-state index in [1.807, 2.05) is 6.07 Å². The summed E-state index contributed by atoms with van der Waals surface area (Å²) >= 11 is 0. The Labute approximate surface area is 139 Å². The summed E-state index contributed by atoms with van der Waals surface area (Å²) in [6.07, 6.45) is 3.32. The van der Waals surface area contributed by atoms with E-state index in [9.17, 15) is 8.42 Å². The zero-order valence-corrected chi connectivity index (χ0v) is 13.4. The lowest BCUT2D eigenvalue weighted by Gasteiger charge is -2.19. The molecule has 0 saturated heterocycles. The van der Waals surface area contributed by atoms with Crippen LogP contribution in [0.5, 0.6) is 11.5 Å². The predicted octanol–water partition coefficient (Wildman–Crippen LogP) is 2.81. The van der Waals surface area contributed by atoms with E-state index in [0.29, 0.717) is 30.4 Å². The molecule has 122 valence electrons. The van der Waals surface area contributed by atoms with Gasteiger partial charge in [0.2, 0.25) is 0 Å². The molecule has 4 rings (SSSR count). The van der Waals surface area contributed by atoms with Crippen molar-refractivity contribution in [1.29, 1.82) is 0 Å². The Morgan fingerprint density at radius 2 is 1.83 bits per heavy atom. The number of rotatable bonds is 3. The molecule has 24 heavy (non-hydrogen) atoms. The van der Waals surface area contributed by atoms with Crippen LogP contribution in [0.2, 0.25) is 0 Å². The van der Waals surface area contributed by atoms with Crippen LogP contribution in [-0.2, 0) is 10.0 Å². The number of sulfonamides is 1. The first-order chi connectivity index (χ1) is 11.6. The summed E-state index contributed by atoms with van der Waals surface area (Å²) in [7, 11) is -3.74. The number of pyridine rings is 1. The molecule has 0 unspecified atom stereocenters. The highest BCUT2D eigenvalue weighted by atomic mass is 32.2. The Hall–Kier alpha value is -2.80. The number of fused-ring (bicyclic) bond motifs is 2. The van der Waals surface area contributed by atoms with Gasteiger partial charge in [-0.1, -0.05) is 12.1 Å². The Morgan fingerprint density at radius 1 is 1.00 bits per heavy atom. The molecule has 1 aliphatic heterocycles. The fourth-order valence-corrected chi connectivity index (χ4v) is 3.70. The average Bonchev–Trinajstić information content (AvgIpc) is 2.61. The maximum Gasteiger partial charge on any atom is 0.262 e. The second kappa shape index (κ2) is 5.68. The van der Waals surface area contributed by atoms with Gasteiger partial charge in [0.15, 0.2) is 11.5 Å². The second-order valence-electron chi connectivity index (χ2n) is 5.31. The standard InChI is InChI=1S/C17H14N2O4S/c20-24(21,13-4-5-16-17(10-13)23-9-8-22-16)19-15-3-1-2-12-11-18-7-6-14(12)15/h1-7,10-11,19H,8-9H2. The van der Waals surface area contributed by atoms with Crippen molar-refractivity contribution in [2.24, 2.45) is 0 Å². The molecule has 0 bridgehead atoms. The van der Waals surface area contributed by atoms with Crippen LogP contribution in [0, 0.1) is 0 Å². The molecule has 0 aliphatic carbocycles. The molecule has 0 saturated carbocycles. The van der Waals surface area contributed by atoms with Gasteiger partial charge in [-0.25, -0.2) is 8.42 Å². The number of nitrogens with one attached hydrogen (secondary N) is 1. The van der Waals surface area contributed by atoms with Crippen LogP contribution >= 0.6 is 0 Å². The summed E-state index contributed by atoms with van der Waals surface area (Å²) in [5.41, 5.74) is 0.504. The lowest BCUT2D eigenvalue weighted by atomic mass is 10.1. The number of anilines is 1. The van der Waals surface area contributed by atoms with Crippen molar-refractivity contribution >= 4 is 26.5 Å². The molecule has 1 aromatic heterocycles. The molecular weight excluding hydrogens is 328 g/mol. The van der Waals surface area contributed by atoms with Gasteiger partial charge in [-0.15, -0.1) is 0 Å². The molecule has 2 heterocycles. The maximum atomic E-state index is 12.7. The Morgan fingerprint density at radius 3 is 2.71 bits per heavy atom. The molecule has 0 radical (unpaired) electrons.